The maximum atomic E-state index is 13.5. The summed E-state index contributed by atoms with van der Waals surface area (Å²) in [5.41, 5.74) is 7.06. The minimum Gasteiger partial charge on any atom is -0.508 e. The van der Waals surface area contributed by atoms with Gasteiger partial charge in [-0.15, -0.1) is 11.6 Å². The van der Waals surface area contributed by atoms with Crippen LogP contribution in [0, 0.1) is 5.92 Å². The van der Waals surface area contributed by atoms with E-state index < -0.39 is 23.8 Å². The number of carbonyl (C=O) groups excluding carboxylic acids is 4. The number of hydrogen-bond donors (Lipinski definition) is 2. The van der Waals surface area contributed by atoms with E-state index in [9.17, 15) is 24.3 Å². The van der Waals surface area contributed by atoms with E-state index >= 15 is 0 Å². The highest BCUT2D eigenvalue weighted by Gasteiger charge is 2.46. The number of aromatic hydroxyl groups is 1. The smallest absolute Gasteiger partial charge is 0.262 e. The molecule has 0 aromatic heterocycles. The van der Waals surface area contributed by atoms with Crippen LogP contribution in [0.3, 0.4) is 0 Å². The van der Waals surface area contributed by atoms with Gasteiger partial charge in [0.05, 0.1) is 11.1 Å². The van der Waals surface area contributed by atoms with E-state index in [1.165, 1.54) is 0 Å². The first kappa shape index (κ1) is 40.9. The van der Waals surface area contributed by atoms with E-state index in [0.717, 1.165) is 109 Å². The molecule has 4 amide bonds. The fourth-order valence-electron chi connectivity index (χ4n) is 10.1. The molecule has 6 aliphatic rings. The molecule has 0 spiro atoms. The molecule has 316 valence electrons. The number of piperazine rings is 1. The van der Waals surface area contributed by atoms with E-state index in [2.05, 4.69) is 44.3 Å². The number of fused-ring (bicyclic) bond motifs is 4. The number of nitrogens with one attached hydrogen (secondary N) is 1. The molecule has 3 unspecified atom stereocenters. The monoisotopic (exact) mass is 841 g/mol. The number of phenols is 1. The maximum Gasteiger partial charge on any atom is 0.262 e. The lowest BCUT2D eigenvalue weighted by Gasteiger charge is -2.53. The van der Waals surface area contributed by atoms with E-state index in [1.807, 2.05) is 54.6 Å². The number of piperidine rings is 4. The molecular weight excluding hydrogens is 790 g/mol. The molecule has 4 aromatic carbocycles. The van der Waals surface area contributed by atoms with Gasteiger partial charge in [0, 0.05) is 56.3 Å². The van der Waals surface area contributed by atoms with Crippen LogP contribution < -0.4 is 15.0 Å². The van der Waals surface area contributed by atoms with Crippen molar-refractivity contribution in [2.45, 2.75) is 63.1 Å². The van der Waals surface area contributed by atoms with Gasteiger partial charge in [-0.05, 0) is 128 Å². The average molecular weight is 842 g/mol. The molecule has 4 aromatic rings. The number of nitrogens with zero attached hydrogens (tertiary/aromatic N) is 4. The standard InChI is InChI=1S/C49H52ClN5O6/c50-23-20-41(33-4-2-1-3-5-33)46(34-6-13-39(56)14-7-34)35-8-15-40(16-9-35)61-27-26-52-24-21-32(22-25-52)29-53-30-38-11-10-37(53)31-54(38)36-12-17-42-43(28-36)49(60)55(48(42)59)44-18-19-45(57)51-47(44)58/h1-9,12-17,28,32,37-38,44,56H,10-11,18-27,29-31H2,(H,51,57,58). The van der Waals surface area contributed by atoms with Crippen molar-refractivity contribution >= 4 is 52.1 Å². The molecule has 12 heteroatoms. The first-order chi connectivity index (χ1) is 29.7. The molecule has 2 N–H and O–H groups in total. The molecule has 2 bridgehead atoms. The Morgan fingerprint density at radius 3 is 2.15 bits per heavy atom. The van der Waals surface area contributed by atoms with Crippen LogP contribution in [-0.4, -0.2) is 113 Å². The van der Waals surface area contributed by atoms with Crippen LogP contribution in [-0.2, 0) is 9.59 Å². The molecule has 0 aliphatic carbocycles. The Kier molecular flexibility index (Phi) is 12.0. The van der Waals surface area contributed by atoms with Crippen LogP contribution in [0.2, 0.25) is 0 Å². The molecule has 0 radical (unpaired) electrons. The van der Waals surface area contributed by atoms with E-state index in [4.69, 9.17) is 16.3 Å². The van der Waals surface area contributed by atoms with Crippen molar-refractivity contribution < 1.29 is 29.0 Å². The summed E-state index contributed by atoms with van der Waals surface area (Å²) in [5, 5.41) is 12.3. The molecule has 0 saturated carbocycles. The summed E-state index contributed by atoms with van der Waals surface area (Å²) in [4.78, 5) is 59.6. The maximum absolute atomic E-state index is 13.5. The van der Waals surface area contributed by atoms with Crippen molar-refractivity contribution in [1.29, 1.82) is 0 Å². The van der Waals surface area contributed by atoms with Crippen molar-refractivity contribution in [2.75, 3.05) is 56.7 Å². The summed E-state index contributed by atoms with van der Waals surface area (Å²) in [5.74, 6) is 0.309. The number of amides is 4. The Hall–Kier alpha value is -5.49. The number of phenolic OH excluding ortho intramolecular Hbond substituents is 1. The third kappa shape index (κ3) is 8.56. The number of alkyl halides is 1. The number of rotatable bonds is 13. The lowest BCUT2D eigenvalue weighted by atomic mass is 9.87. The molecule has 10 rings (SSSR count). The molecular formula is C49H52ClN5O6. The molecule has 61 heavy (non-hydrogen) atoms. The molecule has 5 saturated heterocycles. The van der Waals surface area contributed by atoms with Gasteiger partial charge in [0.2, 0.25) is 11.8 Å². The van der Waals surface area contributed by atoms with Crippen molar-refractivity contribution in [3.8, 4) is 11.5 Å². The van der Waals surface area contributed by atoms with Crippen LogP contribution in [0.4, 0.5) is 5.69 Å². The van der Waals surface area contributed by atoms with Gasteiger partial charge in [-0.3, -0.25) is 39.2 Å². The van der Waals surface area contributed by atoms with E-state index in [0.29, 0.717) is 48.0 Å². The Balaban J connectivity index is 0.759. The Morgan fingerprint density at radius 2 is 1.46 bits per heavy atom. The number of imide groups is 2. The minimum absolute atomic E-state index is 0.102. The molecule has 3 atom stereocenters. The second kappa shape index (κ2) is 17.8. The predicted molar refractivity (Wildman–Crippen MR) is 236 cm³/mol. The van der Waals surface area contributed by atoms with Gasteiger partial charge in [0.25, 0.3) is 11.8 Å². The van der Waals surface area contributed by atoms with Gasteiger partial charge in [0.15, 0.2) is 0 Å². The van der Waals surface area contributed by atoms with E-state index in [-0.39, 0.29) is 24.5 Å². The van der Waals surface area contributed by atoms with Gasteiger partial charge in [0.1, 0.15) is 24.1 Å². The predicted octanol–water partition coefficient (Wildman–Crippen LogP) is 6.83. The van der Waals surface area contributed by atoms with E-state index in [1.54, 1.807) is 18.2 Å². The zero-order chi connectivity index (χ0) is 42.0. The quantitative estimate of drug-likeness (QED) is 0.0849. The van der Waals surface area contributed by atoms with Crippen LogP contribution in [0.1, 0.15) is 82.4 Å². The SMILES string of the molecule is O=C1CCC(N2C(=O)c3ccc(N4CC5CCC4CN5CC4CCN(CCOc5ccc(C(=C(CCCl)c6ccccc6)c6ccc(O)cc6)cc5)CC4)cc3C2=O)C(=O)N1. The Morgan fingerprint density at radius 1 is 0.754 bits per heavy atom. The molecule has 6 heterocycles. The fourth-order valence-corrected chi connectivity index (χ4v) is 10.3. The first-order valence-electron chi connectivity index (χ1n) is 21.7. The lowest BCUT2D eigenvalue weighted by molar-refractivity contribution is -0.136. The van der Waals surface area contributed by atoms with Gasteiger partial charge in [-0.25, -0.2) is 0 Å². The van der Waals surface area contributed by atoms with Crippen LogP contribution in [0.5, 0.6) is 11.5 Å². The van der Waals surface area contributed by atoms with Crippen LogP contribution in [0.15, 0.2) is 97.1 Å². The van der Waals surface area contributed by atoms with Crippen molar-refractivity contribution in [3.05, 3.63) is 125 Å². The summed E-state index contributed by atoms with van der Waals surface area (Å²) < 4.78 is 6.27. The second-order valence-electron chi connectivity index (χ2n) is 17.0. The largest absolute Gasteiger partial charge is 0.508 e. The molecule has 11 nitrogen and oxygen atoms in total. The third-order valence-electron chi connectivity index (χ3n) is 13.3. The van der Waals surface area contributed by atoms with Crippen LogP contribution >= 0.6 is 11.6 Å². The number of ether oxygens (including phenoxy) is 1. The number of halogens is 1. The number of carbonyl (C=O) groups is 4. The summed E-state index contributed by atoms with van der Waals surface area (Å²) in [6.45, 7) is 6.58. The number of anilines is 1. The highest BCUT2D eigenvalue weighted by atomic mass is 35.5. The number of benzene rings is 4. The molecule has 6 aliphatic heterocycles. The van der Waals surface area contributed by atoms with Crippen molar-refractivity contribution in [3.63, 3.8) is 0 Å². The van der Waals surface area contributed by atoms with Gasteiger partial charge >= 0.3 is 0 Å². The Bertz CT molecular complexity index is 2310. The second-order valence-corrected chi connectivity index (χ2v) is 17.4. The third-order valence-corrected chi connectivity index (χ3v) is 13.5. The highest BCUT2D eigenvalue weighted by molar-refractivity contribution is 6.23. The lowest BCUT2D eigenvalue weighted by Crippen LogP contribution is -2.63. The van der Waals surface area contributed by atoms with Crippen molar-refractivity contribution in [1.82, 2.24) is 20.0 Å². The summed E-state index contributed by atoms with van der Waals surface area (Å²) in [6.07, 6.45) is 5.52. The topological polar surface area (TPSA) is 123 Å². The molecule has 5 fully saturated rings. The van der Waals surface area contributed by atoms with Gasteiger partial charge in [-0.1, -0.05) is 54.6 Å². The minimum atomic E-state index is -0.963. The zero-order valence-electron chi connectivity index (χ0n) is 34.3. The summed E-state index contributed by atoms with van der Waals surface area (Å²) in [7, 11) is 0. The van der Waals surface area contributed by atoms with Gasteiger partial charge in [-0.2, -0.15) is 0 Å². The average Bonchev–Trinajstić information content (AvgIpc) is 3.53. The number of hydrogen-bond acceptors (Lipinski definition) is 9. The summed E-state index contributed by atoms with van der Waals surface area (Å²) in [6, 6.07) is 31.3. The highest BCUT2D eigenvalue weighted by Crippen LogP contribution is 2.38. The zero-order valence-corrected chi connectivity index (χ0v) is 35.1. The summed E-state index contributed by atoms with van der Waals surface area (Å²) >= 11 is 6.34. The number of likely N-dealkylation sites (tertiary alicyclic amines) is 1. The first-order valence-corrected chi connectivity index (χ1v) is 22.2. The van der Waals surface area contributed by atoms with Crippen molar-refractivity contribution in [2.24, 2.45) is 5.92 Å². The van der Waals surface area contributed by atoms with Crippen LogP contribution in [0.25, 0.3) is 11.1 Å². The fraction of sp³-hybridized carbons (Fsp3) is 0.388. The van der Waals surface area contributed by atoms with Gasteiger partial charge < -0.3 is 14.7 Å². The normalized spacial score (nSPS) is 22.7. The number of allylic oxidation sites excluding steroid dienone is 1. The Labute approximate surface area is 361 Å².